The number of piperidine rings is 6. The molecule has 0 spiro atoms. The van der Waals surface area contributed by atoms with Crippen LogP contribution in [-0.4, -0.2) is 236 Å². The summed E-state index contributed by atoms with van der Waals surface area (Å²) < 4.78 is 20.5. The maximum atomic E-state index is 13.5. The Kier molecular flexibility index (Phi) is 38.2. The number of methoxy groups -OCH3 is 1. The monoisotopic (exact) mass is 2190 g/mol. The van der Waals surface area contributed by atoms with Crippen molar-refractivity contribution in [2.75, 3.05) is 120 Å². The van der Waals surface area contributed by atoms with Crippen molar-refractivity contribution in [3.63, 3.8) is 0 Å². The lowest BCUT2D eigenvalue weighted by Crippen LogP contribution is -2.51. The van der Waals surface area contributed by atoms with Crippen molar-refractivity contribution < 1.29 is 48.0 Å². The van der Waals surface area contributed by atoms with Gasteiger partial charge in [0.05, 0.1) is 23.1 Å². The van der Waals surface area contributed by atoms with Crippen LogP contribution in [0.2, 0.25) is 15.1 Å². The number of fused-ring (bicyclic) bond motifs is 6. The molecular formula is C96H124BBr6Cl3N12O10. The zero-order valence-corrected chi connectivity index (χ0v) is 87.0. The Bertz CT molecular complexity index is 4870. The van der Waals surface area contributed by atoms with Crippen molar-refractivity contribution in [2.45, 2.75) is 205 Å². The number of benzene rings is 3. The fourth-order valence-electron chi connectivity index (χ4n) is 20.1. The molecule has 7 saturated heterocycles. The molecule has 2 unspecified atom stereocenters. The number of hydrogen-bond donors (Lipinski definition) is 3. The molecule has 6 aromatic rings. The maximum absolute atomic E-state index is 13.5. The second-order valence-corrected chi connectivity index (χ2v) is 43.5. The number of amides is 6. The molecular weight excluding hydrogens is 2080 g/mol. The lowest BCUT2D eigenvalue weighted by molar-refractivity contribution is -0.138. The molecule has 3 aliphatic carbocycles. The van der Waals surface area contributed by atoms with Gasteiger partial charge < -0.3 is 59.4 Å². The van der Waals surface area contributed by atoms with Gasteiger partial charge in [-0.05, 0) is 364 Å². The largest absolute Gasteiger partial charge is 0.444 e. The van der Waals surface area contributed by atoms with Gasteiger partial charge in [-0.2, -0.15) is 0 Å². The number of halogens is 9. The molecule has 10 aliphatic rings. The predicted octanol–water partition coefficient (Wildman–Crippen LogP) is 19.1. The Morgan fingerprint density at radius 3 is 1.14 bits per heavy atom. The Balaban J connectivity index is 0.000000166. The molecule has 22 nitrogen and oxygen atoms in total. The minimum Gasteiger partial charge on any atom is -0.444 e. The Hall–Kier alpha value is -4.99. The van der Waals surface area contributed by atoms with Crippen LogP contribution in [-0.2, 0) is 76.6 Å². The van der Waals surface area contributed by atoms with E-state index in [-0.39, 0.29) is 60.1 Å². The van der Waals surface area contributed by atoms with Crippen molar-refractivity contribution in [3.8, 4) is 0 Å². The van der Waals surface area contributed by atoms with Gasteiger partial charge in [0.15, 0.2) is 0 Å². The highest BCUT2D eigenvalue weighted by atomic mass is 79.9. The Morgan fingerprint density at radius 1 is 0.531 bits per heavy atom. The first-order valence-electron chi connectivity index (χ1n) is 45.6. The van der Waals surface area contributed by atoms with E-state index >= 15 is 0 Å². The molecule has 128 heavy (non-hydrogen) atoms. The molecule has 6 amide bonds. The van der Waals surface area contributed by atoms with Crippen LogP contribution in [0.1, 0.15) is 216 Å². The van der Waals surface area contributed by atoms with Crippen LogP contribution in [0, 0.1) is 35.5 Å². The van der Waals surface area contributed by atoms with Crippen LogP contribution >= 0.6 is 130 Å². The van der Waals surface area contributed by atoms with E-state index in [9.17, 15) is 28.8 Å². The number of nitrogens with one attached hydrogen (secondary N) is 2. The number of pyridine rings is 3. The van der Waals surface area contributed by atoms with Gasteiger partial charge >= 0.3 is 13.0 Å². The van der Waals surface area contributed by atoms with E-state index in [0.717, 1.165) is 235 Å². The molecule has 7 aliphatic heterocycles. The van der Waals surface area contributed by atoms with Crippen LogP contribution < -0.4 is 10.6 Å². The molecule has 16 rings (SSSR count). The van der Waals surface area contributed by atoms with E-state index in [4.69, 9.17) is 64.3 Å². The van der Waals surface area contributed by atoms with Gasteiger partial charge in [-0.25, -0.2) is 4.79 Å². The van der Waals surface area contributed by atoms with E-state index in [1.54, 1.807) is 27.1 Å². The quantitative estimate of drug-likeness (QED) is 0.0374. The molecule has 5 atom stereocenters. The fourth-order valence-corrected chi connectivity index (χ4v) is 24.6. The number of hydrogen-bond acceptors (Lipinski definition) is 16. The van der Waals surface area contributed by atoms with Crippen molar-refractivity contribution in [3.05, 3.63) is 182 Å². The summed E-state index contributed by atoms with van der Waals surface area (Å²) in [7, 11) is 6.60. The summed E-state index contributed by atoms with van der Waals surface area (Å²) in [6.07, 6.45) is 25.8. The van der Waals surface area contributed by atoms with E-state index in [2.05, 4.69) is 162 Å². The molecule has 32 heteroatoms. The number of aliphatic hydroxyl groups excluding tert-OH is 1. The number of nitrogens with zero attached hydrogens (tertiary/aromatic N) is 10. The normalized spacial score (nSPS) is 20.4. The number of rotatable bonds is 15. The zero-order valence-electron chi connectivity index (χ0n) is 75.2. The highest BCUT2D eigenvalue weighted by Crippen LogP contribution is 2.51. The minimum absolute atomic E-state index is 0.0855. The number of aromatic nitrogens is 3. The predicted molar refractivity (Wildman–Crippen MR) is 529 cm³/mol. The SMILES string of the molecule is CC(C(=O)N1CCC(CC(=O)N2CCC([C@H]3c4ncc(Br)cc4CCc4cc(Cl)cc(Br)c43)CC2)CC1)N(C)C(=O)OC(C)(C)C.CN=CB1CO1.CNC(C)C(=O)N1CCC(CC(=O)N2CCC([C@H]3c4ncc(Br)cc4CCc4cc(Cl)cc(Br)c43)CC2)CC1.COCO.O=C(CC1CCNCC1)N1CCC([C@H]2c3ncc(Br)cc3CCc3cc(Cl)cc(Br)c32)CC1. The van der Waals surface area contributed by atoms with Gasteiger partial charge in [-0.15, -0.1) is 0 Å². The van der Waals surface area contributed by atoms with E-state index in [0.29, 0.717) is 74.8 Å². The molecule has 694 valence electrons. The maximum Gasteiger partial charge on any atom is 0.410 e. The molecule has 3 N–H and O–H groups in total. The van der Waals surface area contributed by atoms with Crippen LogP contribution in [0.15, 0.2) is 105 Å². The van der Waals surface area contributed by atoms with Crippen molar-refractivity contribution in [1.29, 1.82) is 0 Å². The first-order valence-corrected chi connectivity index (χ1v) is 51.4. The first kappa shape index (κ1) is 102. The average molecular weight is 2200 g/mol. The first-order chi connectivity index (χ1) is 61.3. The highest BCUT2D eigenvalue weighted by molar-refractivity contribution is 9.11. The average Bonchev–Trinajstić information content (AvgIpc) is 1.50. The number of likely N-dealkylation sites (N-methyl/N-ethyl adjacent to an activating group) is 2. The second-order valence-electron chi connectivity index (χ2n) is 36.9. The second kappa shape index (κ2) is 48.0. The van der Waals surface area contributed by atoms with Crippen molar-refractivity contribution in [2.24, 2.45) is 40.5 Å². The van der Waals surface area contributed by atoms with Gasteiger partial charge in [0.2, 0.25) is 29.5 Å². The summed E-state index contributed by atoms with van der Waals surface area (Å²) >= 11 is 41.8. The van der Waals surface area contributed by atoms with Gasteiger partial charge in [-0.3, -0.25) is 43.8 Å². The fraction of sp³-hybridized carbons (Fsp3) is 0.583. The number of carbonyl (C=O) groups excluding carboxylic acids is 6. The molecule has 0 radical (unpaired) electrons. The van der Waals surface area contributed by atoms with Crippen molar-refractivity contribution in [1.82, 2.24) is 55.0 Å². The number of carbonyl (C=O) groups is 6. The molecule has 0 saturated carbocycles. The van der Waals surface area contributed by atoms with Gasteiger partial charge in [-0.1, -0.05) is 82.6 Å². The summed E-state index contributed by atoms with van der Waals surface area (Å²) in [5.74, 6) is 3.78. The molecule has 0 bridgehead atoms. The van der Waals surface area contributed by atoms with Gasteiger partial charge in [0.25, 0.3) is 0 Å². The Labute approximate surface area is 822 Å². The van der Waals surface area contributed by atoms with E-state index in [1.807, 2.05) is 86.2 Å². The van der Waals surface area contributed by atoms with E-state index < -0.39 is 17.7 Å². The zero-order chi connectivity index (χ0) is 91.8. The van der Waals surface area contributed by atoms with Gasteiger partial charge in [0.1, 0.15) is 18.4 Å². The Morgan fingerprint density at radius 2 is 0.844 bits per heavy atom. The smallest absolute Gasteiger partial charge is 0.410 e. The summed E-state index contributed by atoms with van der Waals surface area (Å²) in [6, 6.07) is 18.3. The van der Waals surface area contributed by atoms with Crippen LogP contribution in [0.3, 0.4) is 0 Å². The van der Waals surface area contributed by atoms with Crippen molar-refractivity contribution >= 4 is 179 Å². The number of aliphatic imine (C=N–C) groups is 1. The minimum atomic E-state index is -0.624. The summed E-state index contributed by atoms with van der Waals surface area (Å²) in [6.45, 7) is 19.6. The summed E-state index contributed by atoms with van der Waals surface area (Å²) in [4.78, 5) is 108. The summed E-state index contributed by atoms with van der Waals surface area (Å²) in [5, 5.41) is 16.4. The molecule has 3 aromatic heterocycles. The lowest BCUT2D eigenvalue weighted by atomic mass is 9.76. The van der Waals surface area contributed by atoms with Crippen LogP contribution in [0.4, 0.5) is 4.79 Å². The van der Waals surface area contributed by atoms with E-state index in [1.165, 1.54) is 73.5 Å². The standard InChI is InChI=1S/C35H45Br2ClN4O4.C30H37Br2ClN4O2.C26H30Br2ClN3O.C3H6BNO.C2H6O2/c1-21(40(5)34(45)46-35(2,3)4)33(44)42-12-8-22(9-13-42)16-29(43)41-14-10-23(11-15-41)31-30-24(18-27(38)19-28(30)37)6-7-25-17-26(36)20-39-32(25)31;1-18(34-2)30(39)37-9-5-19(6-10-37)13-26(38)36-11-7-20(8-12-36)28-27-21(15-24(33)16-25(27)32)3-4-22-14-23(31)17-35-29(22)28;27-20-12-19-2-1-18-13-21(29)14-22(28)24(18)25(26(19)31-15-20)17-5-9-32(10-6-17)23(33)11-16-3-7-30-8-4-16;1-5-2-4-3-6-4;1-4-2-3/h17-23,31H,6-16H2,1-5H3;14-20,28,34H,3-13H2,1-2H3;12-17,25,30H,1-11H2;2H,3H2,1H3;3H,2H2,1H3/t21?,31-;18?,28-;25-;;/m111../s1. The third kappa shape index (κ3) is 27.2. The van der Waals surface area contributed by atoms with Gasteiger partial charge in [0, 0.05) is 191 Å². The number of likely N-dealkylation sites (tertiary alicyclic amines) is 5. The van der Waals surface area contributed by atoms with Crippen LogP contribution in [0.5, 0.6) is 0 Å². The topological polar surface area (TPSA) is 248 Å². The number of aliphatic hydroxyl groups is 1. The highest BCUT2D eigenvalue weighted by Gasteiger charge is 2.43. The third-order valence-corrected chi connectivity index (χ3v) is 31.2. The third-order valence-electron chi connectivity index (χ3n) is 27.3. The molecule has 10 heterocycles. The lowest BCUT2D eigenvalue weighted by Gasteiger charge is -2.38. The van der Waals surface area contributed by atoms with Crippen LogP contribution in [0.25, 0.3) is 0 Å². The number of aryl methyl sites for hydroxylation is 6. The molecule has 7 fully saturated rings. The summed E-state index contributed by atoms with van der Waals surface area (Å²) in [5.41, 5.74) is 14.6. The molecule has 3 aromatic carbocycles. The number of ether oxygens (including phenoxy) is 2.